The van der Waals surface area contributed by atoms with Gasteiger partial charge in [-0.05, 0) is 98.6 Å². The molecule has 2 nitrogen and oxygen atoms in total. The van der Waals surface area contributed by atoms with Crippen LogP contribution in [-0.2, 0) is 24.2 Å². The molecule has 0 aliphatic heterocycles. The summed E-state index contributed by atoms with van der Waals surface area (Å²) in [7, 11) is 0. The number of nitrogens with zero attached hydrogens (tertiary/aromatic N) is 1. The van der Waals surface area contributed by atoms with Crippen LogP contribution in [0.25, 0.3) is 16.5 Å². The SMILES string of the molecule is CCCCc1ccc2c(c(C)c(CC)n2CCCCCCCCCSCCC(C)CC)c1/C(=C\C(C)=O)C(F)(F)F. The minimum absolute atomic E-state index is 0.211. The first-order valence-electron chi connectivity index (χ1n) is 16.1. The Morgan fingerprint density at radius 3 is 2.22 bits per heavy atom. The summed E-state index contributed by atoms with van der Waals surface area (Å²) in [6.07, 6.45) is 10.3. The average molecular weight is 594 g/mol. The van der Waals surface area contributed by atoms with Crippen LogP contribution in [0.15, 0.2) is 18.2 Å². The van der Waals surface area contributed by atoms with E-state index in [4.69, 9.17) is 0 Å². The van der Waals surface area contributed by atoms with Gasteiger partial charge in [-0.2, -0.15) is 24.9 Å². The number of hydrogen-bond donors (Lipinski definition) is 0. The number of unbranched alkanes of at least 4 members (excludes halogenated alkanes) is 7. The van der Waals surface area contributed by atoms with E-state index in [-0.39, 0.29) is 5.56 Å². The molecule has 6 heteroatoms. The summed E-state index contributed by atoms with van der Waals surface area (Å²) in [6.45, 7) is 12.7. The Morgan fingerprint density at radius 2 is 1.63 bits per heavy atom. The zero-order chi connectivity index (χ0) is 30.4. The second-order valence-corrected chi connectivity index (χ2v) is 13.0. The topological polar surface area (TPSA) is 22.0 Å². The Balaban J connectivity index is 2.11. The number of fused-ring (bicyclic) bond motifs is 1. The standard InChI is InChI=1S/C35H54F3NOS/c1-7-10-18-29-19-20-32-33(34(29)30(25-27(5)40)35(36,37)38)28(6)31(9-3)39(32)22-16-14-12-11-13-15-17-23-41-24-21-26(4)8-2/h19-20,25-26H,7-18,21-24H2,1-6H3/b30-25+. The number of allylic oxidation sites excluding steroid dienone is 2. The number of aromatic nitrogens is 1. The fraction of sp³-hybridized carbons (Fsp3) is 0.686. The van der Waals surface area contributed by atoms with Crippen LogP contribution in [0.1, 0.15) is 128 Å². The summed E-state index contributed by atoms with van der Waals surface area (Å²) in [5.41, 5.74) is 2.96. The monoisotopic (exact) mass is 593 g/mol. The molecule has 1 aromatic carbocycles. The number of carbonyl (C=O) groups excluding carboxylic acids is 1. The molecule has 0 aliphatic rings. The van der Waals surface area contributed by atoms with E-state index in [1.807, 2.05) is 26.0 Å². The third-order valence-electron chi connectivity index (χ3n) is 8.37. The zero-order valence-electron chi connectivity index (χ0n) is 26.5. The summed E-state index contributed by atoms with van der Waals surface area (Å²) in [6, 6.07) is 3.88. The van der Waals surface area contributed by atoms with Crippen LogP contribution in [0.5, 0.6) is 0 Å². The van der Waals surface area contributed by atoms with Crippen molar-refractivity contribution in [3.63, 3.8) is 0 Å². The van der Waals surface area contributed by atoms with Crippen LogP contribution in [0.3, 0.4) is 0 Å². The molecule has 0 amide bonds. The number of carbonyl (C=O) groups is 1. The number of alkyl halides is 3. The Morgan fingerprint density at radius 1 is 0.976 bits per heavy atom. The lowest BCUT2D eigenvalue weighted by Gasteiger charge is -2.18. The maximum absolute atomic E-state index is 14.4. The molecular formula is C35H54F3NOS. The highest BCUT2D eigenvalue weighted by molar-refractivity contribution is 7.99. The van der Waals surface area contributed by atoms with Gasteiger partial charge in [-0.25, -0.2) is 0 Å². The molecule has 2 aromatic rings. The largest absolute Gasteiger partial charge is 0.417 e. The lowest BCUT2D eigenvalue weighted by atomic mass is 9.90. The lowest BCUT2D eigenvalue weighted by molar-refractivity contribution is -0.113. The van der Waals surface area contributed by atoms with E-state index in [2.05, 4.69) is 37.1 Å². The molecule has 0 fully saturated rings. The quantitative estimate of drug-likeness (QED) is 0.113. The van der Waals surface area contributed by atoms with E-state index in [0.717, 1.165) is 67.4 Å². The summed E-state index contributed by atoms with van der Waals surface area (Å²) in [4.78, 5) is 11.9. The van der Waals surface area contributed by atoms with Crippen molar-refractivity contribution in [3.05, 3.63) is 40.6 Å². The van der Waals surface area contributed by atoms with E-state index in [0.29, 0.717) is 17.4 Å². The van der Waals surface area contributed by atoms with E-state index < -0.39 is 17.5 Å². The van der Waals surface area contributed by atoms with E-state index >= 15 is 0 Å². The van der Waals surface area contributed by atoms with Crippen molar-refractivity contribution in [3.8, 4) is 0 Å². The Bertz CT molecular complexity index is 1120. The fourth-order valence-electron chi connectivity index (χ4n) is 5.77. The molecular weight excluding hydrogens is 539 g/mol. The second kappa shape index (κ2) is 18.1. The number of rotatable bonds is 20. The van der Waals surface area contributed by atoms with Crippen molar-refractivity contribution in [1.29, 1.82) is 0 Å². The van der Waals surface area contributed by atoms with Crippen molar-refractivity contribution in [1.82, 2.24) is 4.57 Å². The first-order chi connectivity index (χ1) is 19.6. The van der Waals surface area contributed by atoms with Crippen LogP contribution >= 0.6 is 11.8 Å². The minimum atomic E-state index is -4.60. The summed E-state index contributed by atoms with van der Waals surface area (Å²) in [5, 5.41) is 0.669. The smallest absolute Gasteiger partial charge is 0.344 e. The third-order valence-corrected chi connectivity index (χ3v) is 9.48. The highest BCUT2D eigenvalue weighted by Crippen LogP contribution is 2.42. The molecule has 0 aliphatic carbocycles. The van der Waals surface area contributed by atoms with Gasteiger partial charge in [0.1, 0.15) is 0 Å². The molecule has 0 saturated heterocycles. The van der Waals surface area contributed by atoms with Crippen molar-refractivity contribution >= 4 is 34.0 Å². The molecule has 1 unspecified atom stereocenters. The highest BCUT2D eigenvalue weighted by atomic mass is 32.2. The Labute approximate surface area is 251 Å². The first-order valence-corrected chi connectivity index (χ1v) is 17.2. The number of ketones is 1. The minimum Gasteiger partial charge on any atom is -0.344 e. The van der Waals surface area contributed by atoms with Gasteiger partial charge >= 0.3 is 6.18 Å². The number of benzene rings is 1. The molecule has 0 radical (unpaired) electrons. The molecule has 232 valence electrons. The first kappa shape index (κ1) is 35.5. The predicted molar refractivity (Wildman–Crippen MR) is 173 cm³/mol. The molecule has 0 N–H and O–H groups in total. The molecule has 41 heavy (non-hydrogen) atoms. The zero-order valence-corrected chi connectivity index (χ0v) is 27.3. The van der Waals surface area contributed by atoms with E-state index in [9.17, 15) is 18.0 Å². The van der Waals surface area contributed by atoms with Gasteiger partial charge in [0.15, 0.2) is 5.78 Å². The van der Waals surface area contributed by atoms with E-state index in [1.54, 1.807) is 0 Å². The van der Waals surface area contributed by atoms with Gasteiger partial charge in [0.05, 0.1) is 5.57 Å². The molecule has 1 heterocycles. The van der Waals surface area contributed by atoms with Crippen LogP contribution in [0.2, 0.25) is 0 Å². The van der Waals surface area contributed by atoms with Crippen LogP contribution < -0.4 is 0 Å². The summed E-state index contributed by atoms with van der Waals surface area (Å²) >= 11 is 2.10. The van der Waals surface area contributed by atoms with Crippen LogP contribution in [-0.4, -0.2) is 28.0 Å². The Hall–Kier alpha value is -1.69. The Kier molecular flexibility index (Phi) is 15.7. The molecule has 1 atom stereocenters. The van der Waals surface area contributed by atoms with Crippen molar-refractivity contribution in [2.75, 3.05) is 11.5 Å². The maximum Gasteiger partial charge on any atom is 0.417 e. The molecule has 0 spiro atoms. The van der Waals surface area contributed by atoms with Gasteiger partial charge < -0.3 is 4.57 Å². The van der Waals surface area contributed by atoms with Crippen LogP contribution in [0.4, 0.5) is 13.2 Å². The molecule has 2 rings (SSSR count). The number of thioether (sulfide) groups is 1. The summed E-state index contributed by atoms with van der Waals surface area (Å²) in [5.74, 6) is 2.82. The van der Waals surface area contributed by atoms with Crippen molar-refractivity contribution in [2.24, 2.45) is 5.92 Å². The van der Waals surface area contributed by atoms with Crippen molar-refractivity contribution < 1.29 is 18.0 Å². The normalized spacial score (nSPS) is 13.3. The fourth-order valence-corrected chi connectivity index (χ4v) is 6.96. The maximum atomic E-state index is 14.4. The highest BCUT2D eigenvalue weighted by Gasteiger charge is 2.38. The lowest BCUT2D eigenvalue weighted by Crippen LogP contribution is -2.14. The van der Waals surface area contributed by atoms with Gasteiger partial charge in [0.2, 0.25) is 0 Å². The van der Waals surface area contributed by atoms with Gasteiger partial charge in [-0.1, -0.05) is 78.7 Å². The predicted octanol–water partition coefficient (Wildman–Crippen LogP) is 11.3. The number of halogens is 3. The average Bonchev–Trinajstić information content (AvgIpc) is 3.20. The third kappa shape index (κ3) is 10.8. The molecule has 1 aromatic heterocycles. The van der Waals surface area contributed by atoms with Gasteiger partial charge in [-0.15, -0.1) is 0 Å². The number of aryl methyl sites for hydroxylation is 3. The molecule has 0 saturated carbocycles. The number of hydrogen-bond acceptors (Lipinski definition) is 2. The van der Waals surface area contributed by atoms with Crippen LogP contribution in [0, 0.1) is 12.8 Å². The second-order valence-electron chi connectivity index (χ2n) is 11.7. The van der Waals surface area contributed by atoms with E-state index in [1.165, 1.54) is 63.4 Å². The van der Waals surface area contributed by atoms with Gasteiger partial charge in [-0.3, -0.25) is 4.79 Å². The summed E-state index contributed by atoms with van der Waals surface area (Å²) < 4.78 is 45.4. The van der Waals surface area contributed by atoms with Gasteiger partial charge in [0, 0.05) is 23.1 Å². The van der Waals surface area contributed by atoms with Crippen molar-refractivity contribution in [2.45, 2.75) is 138 Å². The van der Waals surface area contributed by atoms with Gasteiger partial charge in [0.25, 0.3) is 0 Å². The molecule has 0 bridgehead atoms.